The number of rotatable bonds is 0. The minimum Gasteiger partial charge on any atom is -0.515 e. The van der Waals surface area contributed by atoms with Crippen LogP contribution in [0.1, 0.15) is 5.69 Å². The molecule has 0 atom stereocenters. The van der Waals surface area contributed by atoms with Gasteiger partial charge in [-0.15, -0.1) is 0 Å². The van der Waals surface area contributed by atoms with E-state index < -0.39 is 0 Å². The van der Waals surface area contributed by atoms with Gasteiger partial charge in [-0.05, 0) is 12.1 Å². The molecule has 0 aromatic carbocycles. The summed E-state index contributed by atoms with van der Waals surface area (Å²) in [6, 6.07) is 3.40. The summed E-state index contributed by atoms with van der Waals surface area (Å²) in [4.78, 5) is 0. The van der Waals surface area contributed by atoms with Crippen molar-refractivity contribution in [1.82, 2.24) is 4.68 Å². The molecule has 0 saturated carbocycles. The Morgan fingerprint density at radius 3 is 3.25 bits per heavy atom. The summed E-state index contributed by atoms with van der Waals surface area (Å²) in [6.45, 7) is 0.611. The van der Waals surface area contributed by atoms with Crippen molar-refractivity contribution in [3.63, 3.8) is 0 Å². The van der Waals surface area contributed by atoms with Crippen LogP contribution < -0.4 is 10.8 Å². The molecule has 12 heavy (non-hydrogen) atoms. The van der Waals surface area contributed by atoms with E-state index in [-0.39, 0.29) is 0 Å². The van der Waals surface area contributed by atoms with Crippen molar-refractivity contribution < 1.29 is 5.11 Å². The number of nitrogens with one attached hydrogen (secondary N) is 2. The van der Waals surface area contributed by atoms with Gasteiger partial charge >= 0.3 is 0 Å². The summed E-state index contributed by atoms with van der Waals surface area (Å²) in [5, 5.41) is 16.7. The van der Waals surface area contributed by atoms with E-state index in [9.17, 15) is 0 Å². The second-order valence-electron chi connectivity index (χ2n) is 2.66. The van der Waals surface area contributed by atoms with Gasteiger partial charge < -0.3 is 15.9 Å². The second-order valence-corrected chi connectivity index (χ2v) is 2.66. The third kappa shape index (κ3) is 0.887. The molecule has 0 saturated heterocycles. The first-order valence-corrected chi connectivity index (χ1v) is 3.66. The Kier molecular flexibility index (Phi) is 1.40. The molecule has 4 heteroatoms. The zero-order valence-corrected chi connectivity index (χ0v) is 6.41. The maximum absolute atomic E-state index is 8.83. The van der Waals surface area contributed by atoms with Gasteiger partial charge in [0.1, 0.15) is 0 Å². The fourth-order valence-electron chi connectivity index (χ4n) is 1.26. The first-order chi connectivity index (χ1) is 5.81. The van der Waals surface area contributed by atoms with Crippen LogP contribution in [0.25, 0.3) is 5.57 Å². The molecule has 0 fully saturated rings. The summed E-state index contributed by atoms with van der Waals surface area (Å²) in [7, 11) is 0. The average molecular weight is 163 g/mol. The van der Waals surface area contributed by atoms with Crippen LogP contribution in [0.5, 0.6) is 0 Å². The molecular formula is C8H9N3O. The molecule has 0 amide bonds. The fourth-order valence-corrected chi connectivity index (χ4v) is 1.26. The highest BCUT2D eigenvalue weighted by Gasteiger charge is 2.12. The number of aliphatic hydroxyl groups is 1. The minimum absolute atomic E-state index is 0.448. The molecule has 2 rings (SSSR count). The highest BCUT2D eigenvalue weighted by Crippen LogP contribution is 2.15. The van der Waals surface area contributed by atoms with E-state index in [1.165, 1.54) is 0 Å². The fraction of sp³-hybridized carbons (Fsp3) is 0.125. The number of nitrogens with zero attached hydrogens (tertiary/aromatic N) is 1. The quantitative estimate of drug-likeness (QED) is 0.485. The topological polar surface area (TPSA) is 61.0 Å². The molecule has 0 radical (unpaired) electrons. The number of fused-ring (bicyclic) bond motifs is 1. The van der Waals surface area contributed by atoms with E-state index in [0.29, 0.717) is 11.9 Å². The molecule has 3 N–H and O–H groups in total. The van der Waals surface area contributed by atoms with Gasteiger partial charge in [-0.3, -0.25) is 4.68 Å². The number of hydrogen-bond acceptors (Lipinski definition) is 3. The zero-order chi connectivity index (χ0) is 8.55. The summed E-state index contributed by atoms with van der Waals surface area (Å²) in [6.07, 6.45) is 2.85. The van der Waals surface area contributed by atoms with Gasteiger partial charge in [0.15, 0.2) is 0 Å². The van der Waals surface area contributed by atoms with Gasteiger partial charge in [-0.2, -0.15) is 0 Å². The summed E-state index contributed by atoms with van der Waals surface area (Å²) >= 11 is 0. The summed E-state index contributed by atoms with van der Waals surface area (Å²) in [5.74, 6) is 0. The maximum atomic E-state index is 8.83. The normalized spacial score (nSPS) is 17.5. The summed E-state index contributed by atoms with van der Waals surface area (Å²) < 4.78 is 1.79. The standard InChI is InChI=1S/C8H9N3O/c9-7-1-2-11-8(3-7)6(5-12)4-10-11/h1-3,5,9-10,12H,4H2/b6-5+,9-7?. The smallest absolute Gasteiger partial charge is 0.0863 e. The van der Waals surface area contributed by atoms with Crippen molar-refractivity contribution in [3.05, 3.63) is 35.6 Å². The molecule has 1 aliphatic rings. The second kappa shape index (κ2) is 2.41. The lowest BCUT2D eigenvalue weighted by Crippen LogP contribution is -2.10. The van der Waals surface area contributed by atoms with Gasteiger partial charge in [0.25, 0.3) is 0 Å². The molecule has 1 aromatic rings. The van der Waals surface area contributed by atoms with Crippen LogP contribution in [0.2, 0.25) is 0 Å². The minimum atomic E-state index is 0.448. The maximum Gasteiger partial charge on any atom is 0.0863 e. The third-order valence-corrected chi connectivity index (χ3v) is 1.88. The first kappa shape index (κ1) is 6.97. The molecule has 0 bridgehead atoms. The molecular weight excluding hydrogens is 154 g/mol. The average Bonchev–Trinajstić information content (AvgIpc) is 2.46. The number of hydrogen-bond donors (Lipinski definition) is 3. The Morgan fingerprint density at radius 2 is 2.50 bits per heavy atom. The van der Waals surface area contributed by atoms with Crippen molar-refractivity contribution in [1.29, 1.82) is 5.41 Å². The monoisotopic (exact) mass is 163 g/mol. The highest BCUT2D eigenvalue weighted by molar-refractivity contribution is 5.67. The van der Waals surface area contributed by atoms with Gasteiger partial charge in [-0.1, -0.05) is 0 Å². The Hall–Kier alpha value is -1.71. The van der Waals surface area contributed by atoms with Crippen LogP contribution in [-0.2, 0) is 0 Å². The van der Waals surface area contributed by atoms with Gasteiger partial charge in [0.05, 0.1) is 23.9 Å². The lowest BCUT2D eigenvalue weighted by atomic mass is 10.2. The van der Waals surface area contributed by atoms with E-state index in [0.717, 1.165) is 17.5 Å². The molecule has 4 nitrogen and oxygen atoms in total. The van der Waals surface area contributed by atoms with Crippen LogP contribution in [0.15, 0.2) is 24.6 Å². The molecule has 0 aliphatic carbocycles. The lowest BCUT2D eigenvalue weighted by Gasteiger charge is -2.01. The Bertz CT molecular complexity index is 392. The first-order valence-electron chi connectivity index (χ1n) is 3.66. The van der Waals surface area contributed by atoms with E-state index in [1.54, 1.807) is 23.0 Å². The van der Waals surface area contributed by atoms with E-state index >= 15 is 0 Å². The largest absolute Gasteiger partial charge is 0.515 e. The van der Waals surface area contributed by atoms with Gasteiger partial charge in [0.2, 0.25) is 0 Å². The Labute approximate surface area is 69.3 Å². The third-order valence-electron chi connectivity index (χ3n) is 1.88. The molecule has 1 aromatic heterocycles. The molecule has 0 unspecified atom stereocenters. The molecule has 1 aliphatic heterocycles. The highest BCUT2D eigenvalue weighted by atomic mass is 16.2. The Balaban J connectivity index is 2.64. The van der Waals surface area contributed by atoms with Crippen molar-refractivity contribution in [2.45, 2.75) is 0 Å². The zero-order valence-electron chi connectivity index (χ0n) is 6.41. The van der Waals surface area contributed by atoms with Gasteiger partial charge in [-0.25, -0.2) is 0 Å². The number of aliphatic hydroxyl groups excluding tert-OH is 1. The van der Waals surface area contributed by atoms with Crippen LogP contribution in [-0.4, -0.2) is 16.3 Å². The van der Waals surface area contributed by atoms with Crippen molar-refractivity contribution in [3.8, 4) is 0 Å². The molecule has 2 heterocycles. The van der Waals surface area contributed by atoms with Crippen molar-refractivity contribution in [2.24, 2.45) is 0 Å². The molecule has 0 spiro atoms. The van der Waals surface area contributed by atoms with Crippen molar-refractivity contribution in [2.75, 3.05) is 12.0 Å². The predicted molar refractivity (Wildman–Crippen MR) is 45.1 cm³/mol. The van der Waals surface area contributed by atoms with Crippen LogP contribution >= 0.6 is 0 Å². The number of pyridine rings is 1. The van der Waals surface area contributed by atoms with Gasteiger partial charge in [0, 0.05) is 11.8 Å². The van der Waals surface area contributed by atoms with E-state index in [1.807, 2.05) is 0 Å². The lowest BCUT2D eigenvalue weighted by molar-refractivity contribution is 0.475. The van der Waals surface area contributed by atoms with Crippen molar-refractivity contribution >= 4 is 5.57 Å². The van der Waals surface area contributed by atoms with Crippen LogP contribution in [0.4, 0.5) is 0 Å². The van der Waals surface area contributed by atoms with Crippen LogP contribution in [0.3, 0.4) is 0 Å². The SMILES string of the molecule is N=c1ccn2c(c1)/C(=C/O)CN2. The Morgan fingerprint density at radius 1 is 1.67 bits per heavy atom. The van der Waals surface area contributed by atoms with E-state index in [4.69, 9.17) is 10.5 Å². The predicted octanol–water partition coefficient (Wildman–Crippen LogP) is 0.424. The number of aromatic nitrogens is 1. The summed E-state index contributed by atoms with van der Waals surface area (Å²) in [5.41, 5.74) is 4.69. The van der Waals surface area contributed by atoms with E-state index in [2.05, 4.69) is 5.43 Å². The molecule has 62 valence electrons. The van der Waals surface area contributed by atoms with Crippen LogP contribution in [0, 0.1) is 5.41 Å².